The molecule has 1 heterocycles. The average molecular weight is 266 g/mol. The molecule has 96 valence electrons. The predicted molar refractivity (Wildman–Crippen MR) is 71.8 cm³/mol. The Bertz CT molecular complexity index is 502. The molecule has 0 aliphatic heterocycles. The molecule has 18 heavy (non-hydrogen) atoms. The number of halogens is 1. The Morgan fingerprint density at radius 1 is 1.17 bits per heavy atom. The zero-order valence-electron chi connectivity index (χ0n) is 10.5. The summed E-state index contributed by atoms with van der Waals surface area (Å²) in [6.45, 7) is 4.77. The van der Waals surface area contributed by atoms with Crippen molar-refractivity contribution in [2.75, 3.05) is 5.32 Å². The number of rotatable bonds is 5. The number of para-hydroxylation sites is 1. The standard InChI is InChI=1S/C13H16ClN3O/c1-3-9-6-5-7-10(4-2)12(9)15-8-11-16-17-13(14)18-11/h5-7,15H,3-4,8H2,1-2H3. The van der Waals surface area contributed by atoms with Gasteiger partial charge < -0.3 is 9.73 Å². The van der Waals surface area contributed by atoms with Gasteiger partial charge in [-0.3, -0.25) is 0 Å². The van der Waals surface area contributed by atoms with Crippen molar-refractivity contribution in [2.24, 2.45) is 0 Å². The molecule has 0 atom stereocenters. The van der Waals surface area contributed by atoms with Gasteiger partial charge in [-0.15, -0.1) is 5.10 Å². The van der Waals surface area contributed by atoms with Crippen molar-refractivity contribution in [3.8, 4) is 0 Å². The lowest BCUT2D eigenvalue weighted by atomic mass is 10.0. The third-order valence-corrected chi connectivity index (χ3v) is 3.01. The molecule has 0 unspecified atom stereocenters. The lowest BCUT2D eigenvalue weighted by molar-refractivity contribution is 0.503. The minimum absolute atomic E-state index is 0.0753. The molecule has 0 saturated carbocycles. The number of aromatic nitrogens is 2. The van der Waals surface area contributed by atoms with Crippen LogP contribution in [0.1, 0.15) is 30.9 Å². The molecule has 0 aliphatic carbocycles. The van der Waals surface area contributed by atoms with Crippen LogP contribution in [-0.4, -0.2) is 10.2 Å². The number of anilines is 1. The summed E-state index contributed by atoms with van der Waals surface area (Å²) in [6, 6.07) is 6.34. The van der Waals surface area contributed by atoms with Gasteiger partial charge in [0.25, 0.3) is 0 Å². The molecule has 0 fully saturated rings. The Morgan fingerprint density at radius 2 is 1.83 bits per heavy atom. The smallest absolute Gasteiger partial charge is 0.312 e. The van der Waals surface area contributed by atoms with Crippen LogP contribution in [0.25, 0.3) is 0 Å². The fourth-order valence-electron chi connectivity index (χ4n) is 1.94. The first-order valence-corrected chi connectivity index (χ1v) is 6.44. The summed E-state index contributed by atoms with van der Waals surface area (Å²) in [4.78, 5) is 0. The number of aryl methyl sites for hydroxylation is 2. The van der Waals surface area contributed by atoms with Crippen LogP contribution in [0.3, 0.4) is 0 Å². The van der Waals surface area contributed by atoms with E-state index in [4.69, 9.17) is 16.0 Å². The van der Waals surface area contributed by atoms with E-state index in [9.17, 15) is 0 Å². The zero-order valence-corrected chi connectivity index (χ0v) is 11.3. The van der Waals surface area contributed by atoms with E-state index in [2.05, 4.69) is 47.6 Å². The maximum Gasteiger partial charge on any atom is 0.312 e. The molecule has 4 nitrogen and oxygen atoms in total. The summed E-state index contributed by atoms with van der Waals surface area (Å²) in [5.41, 5.74) is 3.75. The van der Waals surface area contributed by atoms with E-state index in [0.29, 0.717) is 12.4 Å². The van der Waals surface area contributed by atoms with E-state index >= 15 is 0 Å². The maximum absolute atomic E-state index is 5.59. The first-order valence-electron chi connectivity index (χ1n) is 6.07. The molecule has 5 heteroatoms. The second-order valence-electron chi connectivity index (χ2n) is 3.96. The third kappa shape index (κ3) is 2.82. The van der Waals surface area contributed by atoms with E-state index in [1.807, 2.05) is 0 Å². The van der Waals surface area contributed by atoms with Crippen LogP contribution < -0.4 is 5.32 Å². The highest BCUT2D eigenvalue weighted by Gasteiger charge is 2.08. The largest absolute Gasteiger partial charge is 0.410 e. The van der Waals surface area contributed by atoms with Gasteiger partial charge >= 0.3 is 5.35 Å². The Balaban J connectivity index is 2.17. The highest BCUT2D eigenvalue weighted by atomic mass is 35.5. The third-order valence-electron chi connectivity index (χ3n) is 2.86. The monoisotopic (exact) mass is 265 g/mol. The Kier molecular flexibility index (Phi) is 4.20. The first kappa shape index (κ1) is 12.9. The average Bonchev–Trinajstić information content (AvgIpc) is 2.81. The van der Waals surface area contributed by atoms with Crippen LogP contribution in [0, 0.1) is 0 Å². The molecule has 1 aromatic carbocycles. The van der Waals surface area contributed by atoms with Gasteiger partial charge in [0, 0.05) is 5.69 Å². The van der Waals surface area contributed by atoms with Gasteiger partial charge in [0.1, 0.15) is 0 Å². The molecule has 0 spiro atoms. The minimum Gasteiger partial charge on any atom is -0.410 e. The van der Waals surface area contributed by atoms with E-state index < -0.39 is 0 Å². The van der Waals surface area contributed by atoms with Crippen LogP contribution in [0.4, 0.5) is 5.69 Å². The number of nitrogens with zero attached hydrogens (tertiary/aromatic N) is 2. The second-order valence-corrected chi connectivity index (χ2v) is 4.28. The zero-order chi connectivity index (χ0) is 13.0. The molecule has 1 N–H and O–H groups in total. The van der Waals surface area contributed by atoms with E-state index in [1.54, 1.807) is 0 Å². The van der Waals surface area contributed by atoms with Gasteiger partial charge in [0.05, 0.1) is 6.54 Å². The molecule has 2 rings (SSSR count). The fourth-order valence-corrected chi connectivity index (χ4v) is 2.07. The van der Waals surface area contributed by atoms with Crippen molar-refractivity contribution in [2.45, 2.75) is 33.2 Å². The molecule has 0 bridgehead atoms. The molecule has 0 amide bonds. The highest BCUT2D eigenvalue weighted by Crippen LogP contribution is 2.23. The van der Waals surface area contributed by atoms with Gasteiger partial charge in [-0.1, -0.05) is 37.1 Å². The summed E-state index contributed by atoms with van der Waals surface area (Å²) in [5, 5.41) is 10.9. The molecular weight excluding hydrogens is 250 g/mol. The van der Waals surface area contributed by atoms with Gasteiger partial charge in [0.2, 0.25) is 5.89 Å². The molecule has 0 radical (unpaired) electrons. The lowest BCUT2D eigenvalue weighted by Crippen LogP contribution is -2.05. The summed E-state index contributed by atoms with van der Waals surface area (Å²) in [6.07, 6.45) is 1.97. The summed E-state index contributed by atoms with van der Waals surface area (Å²) >= 11 is 5.59. The topological polar surface area (TPSA) is 51.0 Å². The number of hydrogen-bond donors (Lipinski definition) is 1. The van der Waals surface area contributed by atoms with Gasteiger partial charge in [-0.2, -0.15) is 0 Å². The molecule has 1 aromatic heterocycles. The van der Waals surface area contributed by atoms with E-state index in [0.717, 1.165) is 18.5 Å². The summed E-state index contributed by atoms with van der Waals surface area (Å²) in [7, 11) is 0. The Labute approximate surface area is 111 Å². The van der Waals surface area contributed by atoms with E-state index in [1.165, 1.54) is 11.1 Å². The van der Waals surface area contributed by atoms with Crippen molar-refractivity contribution in [3.63, 3.8) is 0 Å². The van der Waals surface area contributed by atoms with E-state index in [-0.39, 0.29) is 5.35 Å². The van der Waals surface area contributed by atoms with Crippen LogP contribution in [0.15, 0.2) is 22.6 Å². The van der Waals surface area contributed by atoms with Crippen LogP contribution in [0.5, 0.6) is 0 Å². The van der Waals surface area contributed by atoms with Crippen molar-refractivity contribution in [1.29, 1.82) is 0 Å². The highest BCUT2D eigenvalue weighted by molar-refractivity contribution is 6.27. The molecule has 2 aromatic rings. The Hall–Kier alpha value is -1.55. The van der Waals surface area contributed by atoms with Crippen molar-refractivity contribution >= 4 is 17.3 Å². The normalized spacial score (nSPS) is 10.6. The van der Waals surface area contributed by atoms with Crippen LogP contribution >= 0.6 is 11.6 Å². The fraction of sp³-hybridized carbons (Fsp3) is 0.385. The number of benzene rings is 1. The quantitative estimate of drug-likeness (QED) is 0.899. The molecule has 0 aliphatic rings. The van der Waals surface area contributed by atoms with Gasteiger partial charge in [-0.25, -0.2) is 0 Å². The molecule has 0 saturated heterocycles. The minimum atomic E-state index is 0.0753. The van der Waals surface area contributed by atoms with Crippen LogP contribution in [0.2, 0.25) is 5.35 Å². The van der Waals surface area contributed by atoms with Crippen molar-refractivity contribution < 1.29 is 4.42 Å². The summed E-state index contributed by atoms with van der Waals surface area (Å²) < 4.78 is 5.13. The summed E-state index contributed by atoms with van der Waals surface area (Å²) in [5.74, 6) is 0.493. The predicted octanol–water partition coefficient (Wildman–Crippen LogP) is 3.46. The van der Waals surface area contributed by atoms with Crippen molar-refractivity contribution in [1.82, 2.24) is 10.2 Å². The second kappa shape index (κ2) is 5.87. The Morgan fingerprint density at radius 3 is 2.33 bits per heavy atom. The van der Waals surface area contributed by atoms with Crippen molar-refractivity contribution in [3.05, 3.63) is 40.6 Å². The van der Waals surface area contributed by atoms with Gasteiger partial charge in [-0.05, 0) is 35.6 Å². The van der Waals surface area contributed by atoms with Gasteiger partial charge in [0.15, 0.2) is 0 Å². The SMILES string of the molecule is CCc1cccc(CC)c1NCc1nnc(Cl)o1. The maximum atomic E-state index is 5.59. The first-order chi connectivity index (χ1) is 8.74. The van der Waals surface area contributed by atoms with Crippen LogP contribution in [-0.2, 0) is 19.4 Å². The number of nitrogens with one attached hydrogen (secondary N) is 1. The lowest BCUT2D eigenvalue weighted by Gasteiger charge is -2.13. The number of hydrogen-bond acceptors (Lipinski definition) is 4. The molecular formula is C13H16ClN3O.